The molecule has 0 saturated carbocycles. The fraction of sp³-hybridized carbons (Fsp3) is 0.0455. The van der Waals surface area contributed by atoms with Crippen molar-refractivity contribution in [1.82, 2.24) is 9.88 Å². The summed E-state index contributed by atoms with van der Waals surface area (Å²) in [5.74, 6) is 0.296. The van der Waals surface area contributed by atoms with E-state index in [1.165, 1.54) is 24.3 Å². The molecule has 0 bridgehead atoms. The number of imide groups is 2. The molecule has 2 heterocycles. The van der Waals surface area contributed by atoms with Gasteiger partial charge in [-0.15, -0.1) is 6.42 Å². The first kappa shape index (κ1) is 18.2. The molecule has 6 nitrogen and oxygen atoms in total. The number of urea groups is 1. The number of carbonyl (C=O) groups is 3. The fourth-order valence-electron chi connectivity index (χ4n) is 3.28. The van der Waals surface area contributed by atoms with E-state index in [0.29, 0.717) is 12.1 Å². The maximum atomic E-state index is 13.6. The molecule has 2 aromatic carbocycles. The second kappa shape index (κ2) is 7.09. The van der Waals surface area contributed by atoms with Crippen molar-refractivity contribution < 1.29 is 18.8 Å². The number of amides is 4. The van der Waals surface area contributed by atoms with E-state index in [1.54, 1.807) is 6.20 Å². The summed E-state index contributed by atoms with van der Waals surface area (Å²) in [6.07, 6.45) is 8.57. The van der Waals surface area contributed by atoms with Gasteiger partial charge in [-0.1, -0.05) is 30.2 Å². The van der Waals surface area contributed by atoms with Crippen LogP contribution in [0.25, 0.3) is 17.0 Å². The zero-order valence-electron chi connectivity index (χ0n) is 15.1. The molecule has 1 saturated heterocycles. The lowest BCUT2D eigenvalue weighted by molar-refractivity contribution is -0.122. The zero-order valence-corrected chi connectivity index (χ0v) is 15.1. The molecule has 4 rings (SSSR count). The van der Waals surface area contributed by atoms with Crippen LogP contribution in [0.2, 0.25) is 0 Å². The van der Waals surface area contributed by atoms with Crippen molar-refractivity contribution in [3.8, 4) is 12.3 Å². The quantitative estimate of drug-likeness (QED) is 0.427. The molecular weight excluding hydrogens is 373 g/mol. The number of para-hydroxylation sites is 1. The molecule has 0 radical (unpaired) electrons. The zero-order chi connectivity index (χ0) is 20.5. The van der Waals surface area contributed by atoms with Crippen molar-refractivity contribution in [2.45, 2.75) is 6.54 Å². The van der Waals surface area contributed by atoms with E-state index in [1.807, 2.05) is 28.8 Å². The normalized spacial score (nSPS) is 15.7. The van der Waals surface area contributed by atoms with Crippen molar-refractivity contribution in [3.63, 3.8) is 0 Å². The molecule has 1 aliphatic heterocycles. The third-order valence-corrected chi connectivity index (χ3v) is 4.55. The van der Waals surface area contributed by atoms with Crippen LogP contribution in [0.4, 0.5) is 14.9 Å². The number of nitrogens with zero attached hydrogens (tertiary/aromatic N) is 2. The van der Waals surface area contributed by atoms with Crippen LogP contribution in [0, 0.1) is 18.2 Å². The molecule has 4 amide bonds. The van der Waals surface area contributed by atoms with Crippen LogP contribution < -0.4 is 10.2 Å². The lowest BCUT2D eigenvalue weighted by atomic mass is 10.1. The van der Waals surface area contributed by atoms with E-state index in [9.17, 15) is 18.8 Å². The number of carbonyl (C=O) groups excluding carboxylic acids is 3. The summed E-state index contributed by atoms with van der Waals surface area (Å²) in [6, 6.07) is 11.5. The molecular formula is C22H14FN3O3. The van der Waals surface area contributed by atoms with Gasteiger partial charge in [-0.2, -0.15) is 0 Å². The Morgan fingerprint density at radius 2 is 1.90 bits per heavy atom. The molecule has 1 aromatic heterocycles. The van der Waals surface area contributed by atoms with Crippen molar-refractivity contribution >= 4 is 40.5 Å². The van der Waals surface area contributed by atoms with Gasteiger partial charge in [0, 0.05) is 22.7 Å². The Morgan fingerprint density at radius 1 is 1.10 bits per heavy atom. The van der Waals surface area contributed by atoms with Crippen LogP contribution in [-0.2, 0) is 16.1 Å². The molecule has 3 aromatic rings. The van der Waals surface area contributed by atoms with Crippen LogP contribution in [0.15, 0.2) is 60.3 Å². The molecule has 0 spiro atoms. The Bertz CT molecular complexity index is 1250. The van der Waals surface area contributed by atoms with Gasteiger partial charge in [-0.25, -0.2) is 14.1 Å². The minimum absolute atomic E-state index is 0.0284. The predicted octanol–water partition coefficient (Wildman–Crippen LogP) is 3.08. The number of hydrogen-bond donors (Lipinski definition) is 1. The van der Waals surface area contributed by atoms with Gasteiger partial charge in [0.25, 0.3) is 11.8 Å². The van der Waals surface area contributed by atoms with Gasteiger partial charge < -0.3 is 4.57 Å². The highest BCUT2D eigenvalue weighted by Gasteiger charge is 2.37. The summed E-state index contributed by atoms with van der Waals surface area (Å²) in [7, 11) is 0. The van der Waals surface area contributed by atoms with Crippen molar-refractivity contribution in [3.05, 3.63) is 71.7 Å². The second-order valence-corrected chi connectivity index (χ2v) is 6.37. The smallest absolute Gasteiger partial charge is 0.335 e. The van der Waals surface area contributed by atoms with Gasteiger partial charge in [0.15, 0.2) is 0 Å². The van der Waals surface area contributed by atoms with Gasteiger partial charge >= 0.3 is 6.03 Å². The summed E-state index contributed by atoms with van der Waals surface area (Å²) in [5.41, 5.74) is 1.24. The molecule has 0 atom stereocenters. The van der Waals surface area contributed by atoms with Gasteiger partial charge in [-0.3, -0.25) is 14.9 Å². The Morgan fingerprint density at radius 3 is 2.66 bits per heavy atom. The van der Waals surface area contributed by atoms with E-state index in [0.717, 1.165) is 21.9 Å². The third-order valence-electron chi connectivity index (χ3n) is 4.55. The monoisotopic (exact) mass is 387 g/mol. The summed E-state index contributed by atoms with van der Waals surface area (Å²) in [6.45, 7) is 0.317. The maximum Gasteiger partial charge on any atom is 0.335 e. The topological polar surface area (TPSA) is 71.4 Å². The lowest BCUT2D eigenvalue weighted by Gasteiger charge is -2.26. The Hall–Kier alpha value is -4.18. The van der Waals surface area contributed by atoms with Gasteiger partial charge in [-0.05, 0) is 30.3 Å². The molecule has 7 heteroatoms. The molecule has 1 aliphatic rings. The summed E-state index contributed by atoms with van der Waals surface area (Å²) < 4.78 is 15.4. The third kappa shape index (κ3) is 3.17. The van der Waals surface area contributed by atoms with Crippen molar-refractivity contribution in [2.75, 3.05) is 4.90 Å². The highest BCUT2D eigenvalue weighted by atomic mass is 19.1. The van der Waals surface area contributed by atoms with Gasteiger partial charge in [0.1, 0.15) is 11.4 Å². The number of benzene rings is 2. The number of fused-ring (bicyclic) bond motifs is 1. The molecule has 1 fully saturated rings. The molecule has 142 valence electrons. The largest absolute Gasteiger partial charge is 0.335 e. The average molecular weight is 387 g/mol. The summed E-state index contributed by atoms with van der Waals surface area (Å²) in [5, 5.41) is 2.92. The molecule has 29 heavy (non-hydrogen) atoms. The van der Waals surface area contributed by atoms with Crippen molar-refractivity contribution in [2.24, 2.45) is 0 Å². The highest BCUT2D eigenvalue weighted by Crippen LogP contribution is 2.26. The minimum Gasteiger partial charge on any atom is -0.335 e. The summed E-state index contributed by atoms with van der Waals surface area (Å²) >= 11 is 0. The van der Waals surface area contributed by atoms with E-state index in [-0.39, 0.29) is 11.3 Å². The lowest BCUT2D eigenvalue weighted by Crippen LogP contribution is -2.54. The predicted molar refractivity (Wildman–Crippen MR) is 106 cm³/mol. The van der Waals surface area contributed by atoms with E-state index in [2.05, 4.69) is 11.2 Å². The standard InChI is InChI=1S/C22H14FN3O3/c1-2-10-25-13-14(17-8-3-4-9-19(17)25)11-18-20(27)24-22(29)26(21(18)28)16-7-5-6-15(23)12-16/h1,3-9,11-13H,10H2,(H,24,27,29)/b18-11-. The van der Waals surface area contributed by atoms with Crippen LogP contribution in [0.3, 0.4) is 0 Å². The minimum atomic E-state index is -0.933. The first-order chi connectivity index (χ1) is 14.0. The number of barbiturate groups is 1. The van der Waals surface area contributed by atoms with Gasteiger partial charge in [0.05, 0.1) is 12.2 Å². The van der Waals surface area contributed by atoms with E-state index >= 15 is 0 Å². The van der Waals surface area contributed by atoms with Crippen LogP contribution in [0.1, 0.15) is 5.56 Å². The van der Waals surface area contributed by atoms with E-state index in [4.69, 9.17) is 6.42 Å². The number of rotatable bonds is 3. The number of halogens is 1. The number of aromatic nitrogens is 1. The van der Waals surface area contributed by atoms with Crippen LogP contribution in [-0.4, -0.2) is 22.4 Å². The van der Waals surface area contributed by atoms with Crippen LogP contribution in [0.5, 0.6) is 0 Å². The SMILES string of the molecule is C#CCn1cc(/C=C2/C(=O)NC(=O)N(c3cccc(F)c3)C2=O)c2ccccc21. The Labute approximate surface area is 165 Å². The second-order valence-electron chi connectivity index (χ2n) is 6.37. The molecule has 0 aliphatic carbocycles. The Kier molecular flexibility index (Phi) is 4.45. The maximum absolute atomic E-state index is 13.6. The first-order valence-electron chi connectivity index (χ1n) is 8.68. The number of terminal acetylenes is 1. The van der Waals surface area contributed by atoms with Crippen molar-refractivity contribution in [1.29, 1.82) is 0 Å². The van der Waals surface area contributed by atoms with E-state index < -0.39 is 23.7 Å². The number of nitrogens with one attached hydrogen (secondary N) is 1. The fourth-order valence-corrected chi connectivity index (χ4v) is 3.28. The Balaban J connectivity index is 1.82. The molecule has 0 unspecified atom stereocenters. The highest BCUT2D eigenvalue weighted by molar-refractivity contribution is 6.39. The first-order valence-corrected chi connectivity index (χ1v) is 8.68. The summed E-state index contributed by atoms with van der Waals surface area (Å²) in [4.78, 5) is 38.3. The van der Waals surface area contributed by atoms with Gasteiger partial charge in [0.2, 0.25) is 0 Å². The number of anilines is 1. The molecule has 1 N–H and O–H groups in total. The van der Waals surface area contributed by atoms with Crippen LogP contribution >= 0.6 is 0 Å². The number of hydrogen-bond acceptors (Lipinski definition) is 3. The average Bonchev–Trinajstić information content (AvgIpc) is 3.03.